The lowest BCUT2D eigenvalue weighted by Crippen LogP contribution is -2.45. The predicted molar refractivity (Wildman–Crippen MR) is 77.2 cm³/mol. The van der Waals surface area contributed by atoms with Crippen LogP contribution in [-0.2, 0) is 6.54 Å². The van der Waals surface area contributed by atoms with Crippen molar-refractivity contribution in [3.05, 3.63) is 34.9 Å². The van der Waals surface area contributed by atoms with E-state index in [0.29, 0.717) is 24.4 Å². The fourth-order valence-corrected chi connectivity index (χ4v) is 1.72. The van der Waals surface area contributed by atoms with Crippen LogP contribution in [0.2, 0.25) is 5.02 Å². The Hall–Kier alpha value is -1.26. The smallest absolute Gasteiger partial charge is 0.315 e. The van der Waals surface area contributed by atoms with Gasteiger partial charge in [0, 0.05) is 18.1 Å². The van der Waals surface area contributed by atoms with E-state index in [9.17, 15) is 9.90 Å². The molecule has 4 nitrogen and oxygen atoms in total. The normalized spacial score (nSPS) is 11.2. The second kappa shape index (κ2) is 7.36. The van der Waals surface area contributed by atoms with E-state index in [2.05, 4.69) is 10.6 Å². The lowest BCUT2D eigenvalue weighted by atomic mass is 9.98. The molecule has 0 atom stereocenters. The summed E-state index contributed by atoms with van der Waals surface area (Å²) >= 11 is 5.78. The molecule has 1 aromatic carbocycles. The number of amides is 2. The Bertz CT molecular complexity index is 402. The second-order valence-electron chi connectivity index (χ2n) is 4.59. The molecule has 2 amide bonds. The highest BCUT2D eigenvalue weighted by molar-refractivity contribution is 6.30. The highest BCUT2D eigenvalue weighted by atomic mass is 35.5. The van der Waals surface area contributed by atoms with Crippen LogP contribution in [0, 0.1) is 0 Å². The molecule has 3 N–H and O–H groups in total. The minimum absolute atomic E-state index is 0.256. The Morgan fingerprint density at radius 1 is 1.21 bits per heavy atom. The third-order valence-electron chi connectivity index (χ3n) is 3.26. The van der Waals surface area contributed by atoms with Crippen molar-refractivity contribution in [2.45, 2.75) is 38.8 Å². The van der Waals surface area contributed by atoms with Crippen LogP contribution < -0.4 is 10.6 Å². The summed E-state index contributed by atoms with van der Waals surface area (Å²) in [6, 6.07) is 7.00. The van der Waals surface area contributed by atoms with Gasteiger partial charge in [-0.3, -0.25) is 0 Å². The molecule has 0 bridgehead atoms. The highest BCUT2D eigenvalue weighted by Crippen LogP contribution is 2.12. The highest BCUT2D eigenvalue weighted by Gasteiger charge is 2.22. The Labute approximate surface area is 119 Å². The van der Waals surface area contributed by atoms with Gasteiger partial charge in [0.15, 0.2) is 0 Å². The largest absolute Gasteiger partial charge is 0.388 e. The molecule has 0 aliphatic heterocycles. The van der Waals surface area contributed by atoms with Crippen molar-refractivity contribution in [1.82, 2.24) is 10.6 Å². The number of nitrogens with one attached hydrogen (secondary N) is 2. The third kappa shape index (κ3) is 5.49. The SMILES string of the molecule is CCC(O)(CC)CNC(=O)NCc1ccc(Cl)cc1. The van der Waals surface area contributed by atoms with Gasteiger partial charge in [-0.05, 0) is 30.5 Å². The molecular formula is C14H21ClN2O2. The van der Waals surface area contributed by atoms with Gasteiger partial charge in [-0.2, -0.15) is 0 Å². The summed E-state index contributed by atoms with van der Waals surface area (Å²) in [5.74, 6) is 0. The van der Waals surface area contributed by atoms with Gasteiger partial charge in [-0.25, -0.2) is 4.79 Å². The fraction of sp³-hybridized carbons (Fsp3) is 0.500. The molecule has 19 heavy (non-hydrogen) atoms. The quantitative estimate of drug-likeness (QED) is 0.752. The summed E-state index contributed by atoms with van der Waals surface area (Å²) in [5.41, 5.74) is 0.151. The summed E-state index contributed by atoms with van der Waals surface area (Å²) in [4.78, 5) is 11.6. The second-order valence-corrected chi connectivity index (χ2v) is 5.03. The van der Waals surface area contributed by atoms with Gasteiger partial charge in [-0.15, -0.1) is 0 Å². The number of hydrogen-bond donors (Lipinski definition) is 3. The standard InChI is InChI=1S/C14H21ClN2O2/c1-3-14(19,4-2)10-17-13(18)16-9-11-5-7-12(15)8-6-11/h5-8,19H,3-4,9-10H2,1-2H3,(H2,16,17,18). The van der Waals surface area contributed by atoms with Gasteiger partial charge in [0.1, 0.15) is 0 Å². The monoisotopic (exact) mass is 284 g/mol. The molecule has 0 fully saturated rings. The number of hydrogen-bond acceptors (Lipinski definition) is 2. The van der Waals surface area contributed by atoms with E-state index < -0.39 is 5.60 Å². The lowest BCUT2D eigenvalue weighted by molar-refractivity contribution is 0.0349. The lowest BCUT2D eigenvalue weighted by Gasteiger charge is -2.25. The first kappa shape index (κ1) is 15.8. The summed E-state index contributed by atoms with van der Waals surface area (Å²) in [6.07, 6.45) is 1.22. The Balaban J connectivity index is 2.34. The van der Waals surface area contributed by atoms with Crippen LogP contribution in [0.3, 0.4) is 0 Å². The molecule has 0 saturated heterocycles. The van der Waals surface area contributed by atoms with E-state index in [-0.39, 0.29) is 12.6 Å². The van der Waals surface area contributed by atoms with Crippen molar-refractivity contribution in [2.75, 3.05) is 6.54 Å². The first-order valence-electron chi connectivity index (χ1n) is 6.47. The molecule has 106 valence electrons. The first-order valence-corrected chi connectivity index (χ1v) is 6.85. The van der Waals surface area contributed by atoms with Gasteiger partial charge in [-0.1, -0.05) is 37.6 Å². The van der Waals surface area contributed by atoms with E-state index in [1.165, 1.54) is 0 Å². The van der Waals surface area contributed by atoms with Crippen molar-refractivity contribution in [2.24, 2.45) is 0 Å². The Morgan fingerprint density at radius 2 is 1.79 bits per heavy atom. The van der Waals surface area contributed by atoms with E-state index >= 15 is 0 Å². The van der Waals surface area contributed by atoms with E-state index in [0.717, 1.165) is 5.56 Å². The number of carbonyl (C=O) groups excluding carboxylic acids is 1. The number of benzene rings is 1. The number of halogens is 1. The zero-order valence-corrected chi connectivity index (χ0v) is 12.1. The van der Waals surface area contributed by atoms with E-state index in [4.69, 9.17) is 11.6 Å². The van der Waals surface area contributed by atoms with Crippen LogP contribution in [0.5, 0.6) is 0 Å². The molecule has 0 saturated carbocycles. The third-order valence-corrected chi connectivity index (χ3v) is 3.51. The zero-order valence-electron chi connectivity index (χ0n) is 11.4. The number of rotatable bonds is 6. The minimum atomic E-state index is -0.822. The van der Waals surface area contributed by atoms with Crippen molar-refractivity contribution in [1.29, 1.82) is 0 Å². The van der Waals surface area contributed by atoms with Crippen LogP contribution in [0.15, 0.2) is 24.3 Å². The average molecular weight is 285 g/mol. The van der Waals surface area contributed by atoms with Crippen LogP contribution in [-0.4, -0.2) is 23.3 Å². The first-order chi connectivity index (χ1) is 8.99. The molecule has 0 aliphatic carbocycles. The summed E-state index contributed by atoms with van der Waals surface area (Å²) in [5, 5.41) is 16.1. The molecule has 1 rings (SSSR count). The Morgan fingerprint density at radius 3 is 2.32 bits per heavy atom. The molecule has 0 aliphatic rings. The van der Waals surface area contributed by atoms with Gasteiger partial charge in [0.25, 0.3) is 0 Å². The zero-order chi connectivity index (χ0) is 14.3. The van der Waals surface area contributed by atoms with Crippen molar-refractivity contribution in [3.63, 3.8) is 0 Å². The van der Waals surface area contributed by atoms with E-state index in [1.807, 2.05) is 26.0 Å². The maximum atomic E-state index is 11.6. The maximum absolute atomic E-state index is 11.6. The number of urea groups is 1. The molecule has 0 heterocycles. The summed E-state index contributed by atoms with van der Waals surface area (Å²) < 4.78 is 0. The molecule has 0 spiro atoms. The average Bonchev–Trinajstić information content (AvgIpc) is 2.44. The Kier molecular flexibility index (Phi) is 6.12. The van der Waals surface area contributed by atoms with Gasteiger partial charge in [0.05, 0.1) is 5.60 Å². The minimum Gasteiger partial charge on any atom is -0.388 e. The van der Waals surface area contributed by atoms with Crippen molar-refractivity contribution in [3.8, 4) is 0 Å². The molecule has 0 aromatic heterocycles. The van der Waals surface area contributed by atoms with Crippen molar-refractivity contribution < 1.29 is 9.90 Å². The molecule has 1 aromatic rings. The molecule has 0 unspecified atom stereocenters. The predicted octanol–water partition coefficient (Wildman–Crippen LogP) is 2.69. The summed E-state index contributed by atoms with van der Waals surface area (Å²) in [7, 11) is 0. The van der Waals surface area contributed by atoms with Gasteiger partial charge < -0.3 is 15.7 Å². The molecule has 0 radical (unpaired) electrons. The van der Waals surface area contributed by atoms with Gasteiger partial charge in [0.2, 0.25) is 0 Å². The number of aliphatic hydroxyl groups is 1. The molecule has 5 heteroatoms. The summed E-state index contributed by atoms with van der Waals surface area (Å²) in [6.45, 7) is 4.49. The fourth-order valence-electron chi connectivity index (χ4n) is 1.59. The van der Waals surface area contributed by atoms with E-state index in [1.54, 1.807) is 12.1 Å². The molecular weight excluding hydrogens is 264 g/mol. The van der Waals surface area contributed by atoms with Gasteiger partial charge >= 0.3 is 6.03 Å². The van der Waals surface area contributed by atoms with Crippen LogP contribution >= 0.6 is 11.6 Å². The number of carbonyl (C=O) groups is 1. The maximum Gasteiger partial charge on any atom is 0.315 e. The van der Waals surface area contributed by atoms with Crippen LogP contribution in [0.1, 0.15) is 32.3 Å². The topological polar surface area (TPSA) is 61.4 Å². The van der Waals surface area contributed by atoms with Crippen LogP contribution in [0.4, 0.5) is 4.79 Å². The van der Waals surface area contributed by atoms with Crippen molar-refractivity contribution >= 4 is 17.6 Å². The van der Waals surface area contributed by atoms with Crippen LogP contribution in [0.25, 0.3) is 0 Å².